The molecule has 9 nitrogen and oxygen atoms in total. The third-order valence-corrected chi connectivity index (χ3v) is 6.39. The number of fused-ring (bicyclic) bond motifs is 1. The number of rotatable bonds is 5. The molecular weight excluding hydrogens is 440 g/mol. The highest BCUT2D eigenvalue weighted by atomic mass is 16.2. The third-order valence-electron chi connectivity index (χ3n) is 6.39. The number of aromatic nitrogens is 7. The van der Waals surface area contributed by atoms with E-state index in [4.69, 9.17) is 5.10 Å². The Morgan fingerprint density at radius 2 is 1.71 bits per heavy atom. The van der Waals surface area contributed by atoms with Crippen LogP contribution in [0.5, 0.6) is 0 Å². The maximum Gasteiger partial charge on any atom is 0.275 e. The van der Waals surface area contributed by atoms with Gasteiger partial charge in [-0.15, -0.1) is 0 Å². The van der Waals surface area contributed by atoms with Gasteiger partial charge < -0.3 is 4.90 Å². The van der Waals surface area contributed by atoms with Crippen LogP contribution in [0.2, 0.25) is 0 Å². The molecule has 0 radical (unpaired) electrons. The van der Waals surface area contributed by atoms with Crippen LogP contribution in [0.15, 0.2) is 79.5 Å². The summed E-state index contributed by atoms with van der Waals surface area (Å²) < 4.78 is 3.63. The van der Waals surface area contributed by atoms with Gasteiger partial charge in [-0.2, -0.15) is 10.2 Å². The number of likely N-dealkylation sites (tertiary alicyclic amines) is 1. The number of carbonyl (C=O) groups excluding carboxylic acids is 1. The molecule has 6 heterocycles. The van der Waals surface area contributed by atoms with Crippen molar-refractivity contribution in [2.24, 2.45) is 0 Å². The van der Waals surface area contributed by atoms with E-state index >= 15 is 0 Å². The molecule has 174 valence electrons. The molecule has 35 heavy (non-hydrogen) atoms. The van der Waals surface area contributed by atoms with Crippen molar-refractivity contribution in [2.45, 2.75) is 31.8 Å². The largest absolute Gasteiger partial charge is 0.332 e. The highest BCUT2D eigenvalue weighted by Crippen LogP contribution is 2.29. The molecular formula is C26H24N8O. The number of carbonyl (C=O) groups is 1. The minimum atomic E-state index is -0.0991. The lowest BCUT2D eigenvalue weighted by Crippen LogP contribution is -2.46. The summed E-state index contributed by atoms with van der Waals surface area (Å²) in [5.41, 5.74) is 3.51. The number of amides is 1. The highest BCUT2D eigenvalue weighted by molar-refractivity contribution is 6.02. The van der Waals surface area contributed by atoms with Crippen molar-refractivity contribution in [1.29, 1.82) is 0 Å². The predicted molar refractivity (Wildman–Crippen MR) is 130 cm³/mol. The zero-order valence-corrected chi connectivity index (χ0v) is 19.1. The smallest absolute Gasteiger partial charge is 0.275 e. The summed E-state index contributed by atoms with van der Waals surface area (Å²) in [7, 11) is 0. The Morgan fingerprint density at radius 1 is 0.857 bits per heavy atom. The number of hydrogen-bond donors (Lipinski definition) is 0. The average Bonchev–Trinajstić information content (AvgIpc) is 3.55. The van der Waals surface area contributed by atoms with E-state index in [1.807, 2.05) is 64.4 Å². The van der Waals surface area contributed by atoms with Crippen LogP contribution in [0.25, 0.3) is 28.3 Å². The van der Waals surface area contributed by atoms with Crippen LogP contribution in [0.4, 0.5) is 0 Å². The van der Waals surface area contributed by atoms with Crippen molar-refractivity contribution in [2.75, 3.05) is 6.54 Å². The molecule has 1 aliphatic rings. The number of pyridine rings is 2. The minimum absolute atomic E-state index is 0.0158. The van der Waals surface area contributed by atoms with Crippen molar-refractivity contribution < 1.29 is 4.79 Å². The van der Waals surface area contributed by atoms with E-state index in [9.17, 15) is 4.79 Å². The molecule has 6 rings (SSSR count). The predicted octanol–water partition coefficient (Wildman–Crippen LogP) is 3.74. The van der Waals surface area contributed by atoms with Gasteiger partial charge in [-0.3, -0.25) is 14.5 Å². The van der Waals surface area contributed by atoms with E-state index in [-0.39, 0.29) is 11.9 Å². The van der Waals surface area contributed by atoms with Crippen LogP contribution in [0, 0.1) is 0 Å². The highest BCUT2D eigenvalue weighted by Gasteiger charge is 2.32. The summed E-state index contributed by atoms with van der Waals surface area (Å²) in [5, 5.41) is 9.38. The first kappa shape index (κ1) is 21.2. The molecule has 1 amide bonds. The molecule has 0 saturated carbocycles. The van der Waals surface area contributed by atoms with Gasteiger partial charge >= 0.3 is 0 Å². The van der Waals surface area contributed by atoms with E-state index in [2.05, 4.69) is 20.1 Å². The van der Waals surface area contributed by atoms with Crippen LogP contribution in [0.3, 0.4) is 0 Å². The molecule has 0 aliphatic carbocycles. The molecule has 5 aromatic rings. The monoisotopic (exact) mass is 464 g/mol. The Morgan fingerprint density at radius 3 is 2.57 bits per heavy atom. The fourth-order valence-electron chi connectivity index (χ4n) is 4.72. The summed E-state index contributed by atoms with van der Waals surface area (Å²) in [4.78, 5) is 29.1. The standard InChI is InChI=1S/C26H24N8O/c35-26(24-23(25-28-13-7-14-29-25)22-10-3-6-16-34(22)31-24)33-15-5-2-8-19(33)18-32-17-11-21(30-32)20-9-1-4-12-27-20/h1,3-4,6-7,9-14,16-17,19H,2,5,8,15,18H2/t19-/m0/s1. The fraction of sp³-hybridized carbons (Fsp3) is 0.231. The second kappa shape index (κ2) is 9.09. The summed E-state index contributed by atoms with van der Waals surface area (Å²) in [5.74, 6) is 0.399. The van der Waals surface area contributed by atoms with Gasteiger partial charge in [-0.05, 0) is 55.7 Å². The molecule has 5 aromatic heterocycles. The molecule has 1 atom stereocenters. The van der Waals surface area contributed by atoms with E-state index in [1.165, 1.54) is 0 Å². The molecule has 1 saturated heterocycles. The van der Waals surface area contributed by atoms with Crippen LogP contribution in [-0.2, 0) is 6.54 Å². The van der Waals surface area contributed by atoms with Gasteiger partial charge in [-0.1, -0.05) is 12.1 Å². The molecule has 9 heteroatoms. The lowest BCUT2D eigenvalue weighted by Gasteiger charge is -2.35. The Hall–Kier alpha value is -4.40. The summed E-state index contributed by atoms with van der Waals surface area (Å²) in [6.45, 7) is 1.30. The average molecular weight is 465 g/mol. The number of hydrogen-bond acceptors (Lipinski definition) is 6. The van der Waals surface area contributed by atoms with E-state index in [1.54, 1.807) is 29.2 Å². The zero-order chi connectivity index (χ0) is 23.6. The minimum Gasteiger partial charge on any atom is -0.332 e. The van der Waals surface area contributed by atoms with Crippen molar-refractivity contribution >= 4 is 11.4 Å². The fourth-order valence-corrected chi connectivity index (χ4v) is 4.72. The first-order valence-electron chi connectivity index (χ1n) is 11.8. The lowest BCUT2D eigenvalue weighted by molar-refractivity contribution is 0.0578. The Bertz CT molecular complexity index is 1460. The van der Waals surface area contributed by atoms with Gasteiger partial charge in [0.25, 0.3) is 5.91 Å². The van der Waals surface area contributed by atoms with E-state index in [0.717, 1.165) is 36.2 Å². The van der Waals surface area contributed by atoms with E-state index in [0.29, 0.717) is 30.2 Å². The normalized spacial score (nSPS) is 16.0. The second-order valence-corrected chi connectivity index (χ2v) is 8.61. The first-order chi connectivity index (χ1) is 17.3. The number of nitrogens with zero attached hydrogens (tertiary/aromatic N) is 8. The van der Waals surface area contributed by atoms with Crippen molar-refractivity contribution in [3.63, 3.8) is 0 Å². The Balaban J connectivity index is 1.32. The molecule has 1 fully saturated rings. The summed E-state index contributed by atoms with van der Waals surface area (Å²) in [6, 6.07) is 15.3. The van der Waals surface area contributed by atoms with Gasteiger partial charge in [0, 0.05) is 37.5 Å². The van der Waals surface area contributed by atoms with Gasteiger partial charge in [0.2, 0.25) is 0 Å². The number of piperidine rings is 1. The molecule has 0 aromatic carbocycles. The van der Waals surface area contributed by atoms with Gasteiger partial charge in [0.05, 0.1) is 29.4 Å². The van der Waals surface area contributed by atoms with Crippen molar-refractivity contribution in [3.05, 3.63) is 85.2 Å². The zero-order valence-electron chi connectivity index (χ0n) is 19.1. The van der Waals surface area contributed by atoms with Crippen molar-refractivity contribution in [3.8, 4) is 22.8 Å². The molecule has 0 bridgehead atoms. The van der Waals surface area contributed by atoms with Gasteiger partial charge in [0.15, 0.2) is 11.5 Å². The van der Waals surface area contributed by atoms with Gasteiger partial charge in [-0.25, -0.2) is 14.5 Å². The van der Waals surface area contributed by atoms with Crippen LogP contribution < -0.4 is 0 Å². The third kappa shape index (κ3) is 4.05. The van der Waals surface area contributed by atoms with Crippen LogP contribution >= 0.6 is 0 Å². The molecule has 1 aliphatic heterocycles. The molecule has 0 unspecified atom stereocenters. The second-order valence-electron chi connectivity index (χ2n) is 8.61. The Labute approximate surface area is 202 Å². The SMILES string of the molecule is O=C(c1nn2ccccc2c1-c1ncccn1)N1CCCC[C@H]1Cn1ccc(-c2ccccn2)n1. The summed E-state index contributed by atoms with van der Waals surface area (Å²) >= 11 is 0. The quantitative estimate of drug-likeness (QED) is 0.393. The van der Waals surface area contributed by atoms with E-state index < -0.39 is 0 Å². The molecule has 0 N–H and O–H groups in total. The summed E-state index contributed by atoms with van der Waals surface area (Å²) in [6.07, 6.45) is 11.9. The maximum absolute atomic E-state index is 13.9. The van der Waals surface area contributed by atoms with Gasteiger partial charge in [0.1, 0.15) is 5.69 Å². The first-order valence-corrected chi connectivity index (χ1v) is 11.8. The lowest BCUT2D eigenvalue weighted by atomic mass is 10.0. The van der Waals surface area contributed by atoms with Crippen LogP contribution in [0.1, 0.15) is 29.8 Å². The Kier molecular flexibility index (Phi) is 5.50. The van der Waals surface area contributed by atoms with Crippen LogP contribution in [-0.4, -0.2) is 57.7 Å². The van der Waals surface area contributed by atoms with Crippen molar-refractivity contribution in [1.82, 2.24) is 39.2 Å². The maximum atomic E-state index is 13.9. The molecule has 0 spiro atoms. The topological polar surface area (TPSA) is 94.1 Å².